The third-order valence-electron chi connectivity index (χ3n) is 3.29. The summed E-state index contributed by atoms with van der Waals surface area (Å²) in [7, 11) is 0. The fourth-order valence-electron chi connectivity index (χ4n) is 2.18. The van der Waals surface area contributed by atoms with Crippen molar-refractivity contribution >= 4 is 35.0 Å². The molecule has 0 radical (unpaired) electrons. The van der Waals surface area contributed by atoms with Gasteiger partial charge in [-0.05, 0) is 38.1 Å². The molecule has 0 aliphatic rings. The average molecular weight is 352 g/mol. The van der Waals surface area contributed by atoms with Gasteiger partial charge >= 0.3 is 0 Å². The summed E-state index contributed by atoms with van der Waals surface area (Å²) in [6.45, 7) is 3.57. The number of halogens is 2. The number of aromatic nitrogens is 1. The van der Waals surface area contributed by atoms with Crippen LogP contribution in [0.1, 0.15) is 40.3 Å². The Morgan fingerprint density at radius 1 is 1.13 bits per heavy atom. The van der Waals surface area contributed by atoms with E-state index in [-0.39, 0.29) is 11.3 Å². The summed E-state index contributed by atoms with van der Waals surface area (Å²) in [6, 6.07) is 8.02. The molecular formula is C16H15Cl2N3O2. The number of amides is 2. The van der Waals surface area contributed by atoms with Crippen molar-refractivity contribution < 1.29 is 9.59 Å². The number of carbonyl (C=O) groups excluding carboxylic acids is 2. The van der Waals surface area contributed by atoms with Crippen LogP contribution in [0.4, 0.5) is 0 Å². The summed E-state index contributed by atoms with van der Waals surface area (Å²) in [5.74, 6) is -1.02. The minimum Gasteiger partial charge on any atom is -0.366 e. The van der Waals surface area contributed by atoms with Gasteiger partial charge in [0.2, 0.25) is 5.91 Å². The fourth-order valence-corrected chi connectivity index (χ4v) is 3.05. The first kappa shape index (κ1) is 17.2. The van der Waals surface area contributed by atoms with Crippen LogP contribution in [0.15, 0.2) is 36.5 Å². The summed E-state index contributed by atoms with van der Waals surface area (Å²) in [5.41, 5.74) is 5.34. The number of primary amides is 1. The highest BCUT2D eigenvalue weighted by Crippen LogP contribution is 2.34. The number of pyridine rings is 1. The SMILES string of the molecule is CC(C)(NC(=O)c1ccc(C(N)=O)cn1)c1c(Cl)cccc1Cl. The maximum absolute atomic E-state index is 12.4. The van der Waals surface area contributed by atoms with Gasteiger partial charge in [-0.25, -0.2) is 0 Å². The molecule has 0 atom stereocenters. The Hall–Kier alpha value is -2.11. The maximum atomic E-state index is 12.4. The summed E-state index contributed by atoms with van der Waals surface area (Å²) >= 11 is 12.4. The lowest BCUT2D eigenvalue weighted by molar-refractivity contribution is 0.0905. The van der Waals surface area contributed by atoms with E-state index in [9.17, 15) is 9.59 Å². The summed E-state index contributed by atoms with van der Waals surface area (Å²) in [5, 5.41) is 3.75. The second-order valence-electron chi connectivity index (χ2n) is 5.47. The molecule has 23 heavy (non-hydrogen) atoms. The van der Waals surface area contributed by atoms with Gasteiger partial charge in [0.25, 0.3) is 5.91 Å². The van der Waals surface area contributed by atoms with Gasteiger partial charge < -0.3 is 11.1 Å². The molecule has 2 amide bonds. The van der Waals surface area contributed by atoms with Crippen LogP contribution >= 0.6 is 23.2 Å². The lowest BCUT2D eigenvalue weighted by Gasteiger charge is -2.28. The van der Waals surface area contributed by atoms with Gasteiger partial charge in [0.05, 0.1) is 11.1 Å². The Labute approximate surface area is 143 Å². The Morgan fingerprint density at radius 2 is 1.74 bits per heavy atom. The standard InChI is InChI=1S/C16H15Cl2N3O2/c1-16(2,13-10(17)4-3-5-11(13)18)21-15(23)12-7-6-9(8-20-12)14(19)22/h3-8H,1-2H3,(H2,19,22)(H,21,23). The van der Waals surface area contributed by atoms with Crippen molar-refractivity contribution in [1.29, 1.82) is 0 Å². The molecule has 7 heteroatoms. The topological polar surface area (TPSA) is 85.1 Å². The summed E-state index contributed by atoms with van der Waals surface area (Å²) in [6.07, 6.45) is 1.26. The van der Waals surface area contributed by atoms with E-state index < -0.39 is 17.4 Å². The predicted octanol–water partition coefficient (Wildman–Crippen LogP) is 3.15. The molecular weight excluding hydrogens is 337 g/mol. The van der Waals surface area contributed by atoms with Crippen molar-refractivity contribution in [3.8, 4) is 0 Å². The van der Waals surface area contributed by atoms with Crippen LogP contribution in [-0.4, -0.2) is 16.8 Å². The Bertz CT molecular complexity index is 738. The lowest BCUT2D eigenvalue weighted by atomic mass is 9.93. The maximum Gasteiger partial charge on any atom is 0.270 e. The molecule has 0 bridgehead atoms. The van der Waals surface area contributed by atoms with E-state index in [0.29, 0.717) is 15.6 Å². The molecule has 1 heterocycles. The number of nitrogens with one attached hydrogen (secondary N) is 1. The average Bonchev–Trinajstić information content (AvgIpc) is 2.46. The molecule has 1 aromatic heterocycles. The summed E-state index contributed by atoms with van der Waals surface area (Å²) < 4.78 is 0. The molecule has 0 saturated heterocycles. The van der Waals surface area contributed by atoms with Crippen LogP contribution in [0, 0.1) is 0 Å². The van der Waals surface area contributed by atoms with Crippen molar-refractivity contribution in [2.45, 2.75) is 19.4 Å². The summed E-state index contributed by atoms with van der Waals surface area (Å²) in [4.78, 5) is 27.3. The Balaban J connectivity index is 2.26. The number of hydrogen-bond acceptors (Lipinski definition) is 3. The molecule has 0 fully saturated rings. The van der Waals surface area contributed by atoms with Crippen LogP contribution in [0.5, 0.6) is 0 Å². The quantitative estimate of drug-likeness (QED) is 0.886. The van der Waals surface area contributed by atoms with Gasteiger partial charge in [-0.2, -0.15) is 0 Å². The first-order chi connectivity index (χ1) is 10.7. The van der Waals surface area contributed by atoms with Crippen molar-refractivity contribution in [3.63, 3.8) is 0 Å². The number of benzene rings is 1. The Morgan fingerprint density at radius 3 is 2.22 bits per heavy atom. The zero-order valence-corrected chi connectivity index (χ0v) is 14.1. The molecule has 120 valence electrons. The molecule has 3 N–H and O–H groups in total. The molecule has 2 aromatic rings. The molecule has 5 nitrogen and oxygen atoms in total. The highest BCUT2D eigenvalue weighted by atomic mass is 35.5. The lowest BCUT2D eigenvalue weighted by Crippen LogP contribution is -2.41. The smallest absolute Gasteiger partial charge is 0.270 e. The zero-order chi connectivity index (χ0) is 17.2. The van der Waals surface area contributed by atoms with Gasteiger partial charge in [0, 0.05) is 21.8 Å². The highest BCUT2D eigenvalue weighted by Gasteiger charge is 2.28. The van der Waals surface area contributed by atoms with E-state index >= 15 is 0 Å². The van der Waals surface area contributed by atoms with Crippen molar-refractivity contribution in [2.75, 3.05) is 0 Å². The monoisotopic (exact) mass is 351 g/mol. The second-order valence-corrected chi connectivity index (χ2v) is 6.29. The number of rotatable bonds is 4. The van der Waals surface area contributed by atoms with E-state index in [1.165, 1.54) is 18.3 Å². The first-order valence-electron chi connectivity index (χ1n) is 6.75. The predicted molar refractivity (Wildman–Crippen MR) is 89.7 cm³/mol. The van der Waals surface area contributed by atoms with Crippen LogP contribution in [0.2, 0.25) is 10.0 Å². The van der Waals surface area contributed by atoms with Gasteiger partial charge in [-0.15, -0.1) is 0 Å². The first-order valence-corrected chi connectivity index (χ1v) is 7.51. The molecule has 0 aliphatic heterocycles. The van der Waals surface area contributed by atoms with Crippen molar-refractivity contribution in [3.05, 3.63) is 63.4 Å². The number of carbonyl (C=O) groups is 2. The molecule has 1 aromatic carbocycles. The number of nitrogens with zero attached hydrogens (tertiary/aromatic N) is 1. The number of hydrogen-bond donors (Lipinski definition) is 2. The molecule has 0 aliphatic carbocycles. The van der Waals surface area contributed by atoms with E-state index in [1.807, 2.05) is 0 Å². The molecule has 0 unspecified atom stereocenters. The van der Waals surface area contributed by atoms with Crippen LogP contribution in [-0.2, 0) is 5.54 Å². The van der Waals surface area contributed by atoms with Crippen LogP contribution in [0.25, 0.3) is 0 Å². The van der Waals surface area contributed by atoms with Gasteiger partial charge in [0.1, 0.15) is 5.69 Å². The second kappa shape index (κ2) is 6.56. The fraction of sp³-hybridized carbons (Fsp3) is 0.188. The normalized spacial score (nSPS) is 11.1. The minimum absolute atomic E-state index is 0.159. The van der Waals surface area contributed by atoms with Crippen LogP contribution < -0.4 is 11.1 Å². The molecule has 0 spiro atoms. The van der Waals surface area contributed by atoms with E-state index in [2.05, 4.69) is 10.3 Å². The third kappa shape index (κ3) is 3.81. The van der Waals surface area contributed by atoms with E-state index in [4.69, 9.17) is 28.9 Å². The van der Waals surface area contributed by atoms with E-state index in [0.717, 1.165) is 0 Å². The van der Waals surface area contributed by atoms with Gasteiger partial charge in [0.15, 0.2) is 0 Å². The highest BCUT2D eigenvalue weighted by molar-refractivity contribution is 6.36. The van der Waals surface area contributed by atoms with Gasteiger partial charge in [-0.3, -0.25) is 14.6 Å². The number of nitrogens with two attached hydrogens (primary N) is 1. The Kier molecular flexibility index (Phi) is 4.92. The van der Waals surface area contributed by atoms with Gasteiger partial charge in [-0.1, -0.05) is 29.3 Å². The zero-order valence-electron chi connectivity index (χ0n) is 12.6. The van der Waals surface area contributed by atoms with Crippen molar-refractivity contribution in [2.24, 2.45) is 5.73 Å². The molecule has 0 saturated carbocycles. The third-order valence-corrected chi connectivity index (χ3v) is 3.92. The molecule has 2 rings (SSSR count). The van der Waals surface area contributed by atoms with Crippen LogP contribution in [0.3, 0.4) is 0 Å². The van der Waals surface area contributed by atoms with Crippen molar-refractivity contribution in [1.82, 2.24) is 10.3 Å². The minimum atomic E-state index is -0.809. The largest absolute Gasteiger partial charge is 0.366 e. The van der Waals surface area contributed by atoms with E-state index in [1.54, 1.807) is 32.0 Å².